The van der Waals surface area contributed by atoms with E-state index in [0.29, 0.717) is 6.04 Å². The van der Waals surface area contributed by atoms with Gasteiger partial charge in [-0.1, -0.05) is 0 Å². The summed E-state index contributed by atoms with van der Waals surface area (Å²) in [5.74, 6) is -0.714. The Bertz CT molecular complexity index is 136. The molecular formula is C7H13NO2. The zero-order chi connectivity index (χ0) is 7.56. The van der Waals surface area contributed by atoms with Crippen molar-refractivity contribution in [1.29, 1.82) is 0 Å². The number of likely N-dealkylation sites (tertiary alicyclic amines) is 1. The van der Waals surface area contributed by atoms with Crippen LogP contribution in [0.4, 0.5) is 0 Å². The lowest BCUT2D eigenvalue weighted by atomic mass is 10.2. The summed E-state index contributed by atoms with van der Waals surface area (Å²) >= 11 is 0. The lowest BCUT2D eigenvalue weighted by molar-refractivity contribution is -0.138. The first kappa shape index (κ1) is 7.54. The van der Waals surface area contributed by atoms with Gasteiger partial charge < -0.3 is 5.11 Å². The van der Waals surface area contributed by atoms with Gasteiger partial charge in [-0.3, -0.25) is 9.69 Å². The lowest BCUT2D eigenvalue weighted by Gasteiger charge is -2.17. The van der Waals surface area contributed by atoms with E-state index in [4.69, 9.17) is 5.11 Å². The molecule has 3 nitrogen and oxygen atoms in total. The molecule has 0 aromatic carbocycles. The maximum absolute atomic E-state index is 10.3. The Morgan fingerprint density at radius 1 is 1.80 bits per heavy atom. The monoisotopic (exact) mass is 143 g/mol. The fraction of sp³-hybridized carbons (Fsp3) is 0.857. The smallest absolute Gasteiger partial charge is 0.317 e. The number of carboxylic acid groups (broad SMARTS) is 1. The third-order valence-electron chi connectivity index (χ3n) is 2.03. The van der Waals surface area contributed by atoms with Crippen LogP contribution in [-0.2, 0) is 4.79 Å². The van der Waals surface area contributed by atoms with Gasteiger partial charge in [0.25, 0.3) is 0 Å². The number of hydrogen-bond donors (Lipinski definition) is 1. The molecule has 1 aliphatic heterocycles. The van der Waals surface area contributed by atoms with Gasteiger partial charge in [-0.15, -0.1) is 0 Å². The fourth-order valence-electron chi connectivity index (χ4n) is 1.40. The molecular weight excluding hydrogens is 130 g/mol. The molecule has 3 heteroatoms. The lowest BCUT2D eigenvalue weighted by Crippen LogP contribution is -2.32. The Morgan fingerprint density at radius 3 is 2.90 bits per heavy atom. The van der Waals surface area contributed by atoms with Gasteiger partial charge in [0.15, 0.2) is 0 Å². The minimum atomic E-state index is -0.714. The first-order valence-corrected chi connectivity index (χ1v) is 3.66. The van der Waals surface area contributed by atoms with Crippen LogP contribution in [0.25, 0.3) is 0 Å². The summed E-state index contributed by atoms with van der Waals surface area (Å²) in [6.45, 7) is 3.24. The van der Waals surface area contributed by atoms with Gasteiger partial charge in [0, 0.05) is 6.04 Å². The Kier molecular flexibility index (Phi) is 2.27. The summed E-state index contributed by atoms with van der Waals surface area (Å²) in [6, 6.07) is 0.469. The quantitative estimate of drug-likeness (QED) is 0.614. The van der Waals surface area contributed by atoms with Crippen LogP contribution >= 0.6 is 0 Å². The molecule has 0 aromatic rings. The molecule has 0 unspecified atom stereocenters. The Morgan fingerprint density at radius 2 is 2.50 bits per heavy atom. The Labute approximate surface area is 60.6 Å². The highest BCUT2D eigenvalue weighted by Crippen LogP contribution is 2.14. The summed E-state index contributed by atoms with van der Waals surface area (Å²) in [6.07, 6.45) is 2.29. The zero-order valence-electron chi connectivity index (χ0n) is 6.21. The first-order valence-electron chi connectivity index (χ1n) is 3.66. The molecule has 1 rings (SSSR count). The van der Waals surface area contributed by atoms with Crippen molar-refractivity contribution in [1.82, 2.24) is 4.90 Å². The van der Waals surface area contributed by atoms with E-state index in [-0.39, 0.29) is 6.54 Å². The number of hydrogen-bond acceptors (Lipinski definition) is 2. The molecule has 0 saturated carbocycles. The van der Waals surface area contributed by atoms with Crippen LogP contribution in [0.1, 0.15) is 19.8 Å². The van der Waals surface area contributed by atoms with Gasteiger partial charge in [-0.05, 0) is 26.3 Å². The van der Waals surface area contributed by atoms with Crippen molar-refractivity contribution < 1.29 is 9.90 Å². The van der Waals surface area contributed by atoms with Crippen LogP contribution in [-0.4, -0.2) is 35.1 Å². The summed E-state index contributed by atoms with van der Waals surface area (Å²) in [5, 5.41) is 8.45. The van der Waals surface area contributed by atoms with Crippen molar-refractivity contribution in [2.75, 3.05) is 13.1 Å². The van der Waals surface area contributed by atoms with Gasteiger partial charge in [0.1, 0.15) is 0 Å². The van der Waals surface area contributed by atoms with Gasteiger partial charge in [-0.25, -0.2) is 0 Å². The van der Waals surface area contributed by atoms with Crippen molar-refractivity contribution in [2.24, 2.45) is 0 Å². The summed E-state index contributed by atoms with van der Waals surface area (Å²) < 4.78 is 0. The predicted molar refractivity (Wildman–Crippen MR) is 37.9 cm³/mol. The van der Waals surface area contributed by atoms with Crippen LogP contribution in [0.5, 0.6) is 0 Å². The molecule has 58 valence electrons. The summed E-state index contributed by atoms with van der Waals surface area (Å²) in [4.78, 5) is 12.3. The molecule has 1 atom stereocenters. The predicted octanol–water partition coefficient (Wildman–Crippen LogP) is 0.555. The van der Waals surface area contributed by atoms with E-state index >= 15 is 0 Å². The van der Waals surface area contributed by atoms with Gasteiger partial charge in [0.2, 0.25) is 0 Å². The fourth-order valence-corrected chi connectivity index (χ4v) is 1.40. The minimum Gasteiger partial charge on any atom is -0.480 e. The summed E-state index contributed by atoms with van der Waals surface area (Å²) in [5.41, 5.74) is 0. The average Bonchev–Trinajstić information content (AvgIpc) is 2.15. The summed E-state index contributed by atoms with van der Waals surface area (Å²) in [7, 11) is 0. The van der Waals surface area contributed by atoms with Crippen LogP contribution in [0.3, 0.4) is 0 Å². The van der Waals surface area contributed by atoms with Gasteiger partial charge >= 0.3 is 5.97 Å². The number of rotatable bonds is 2. The average molecular weight is 143 g/mol. The number of aliphatic carboxylic acids is 1. The van der Waals surface area contributed by atoms with Crippen molar-refractivity contribution in [3.8, 4) is 0 Å². The minimum absolute atomic E-state index is 0.209. The normalized spacial score (nSPS) is 27.1. The highest BCUT2D eigenvalue weighted by molar-refractivity contribution is 5.69. The third kappa shape index (κ3) is 1.70. The van der Waals surface area contributed by atoms with E-state index in [9.17, 15) is 4.79 Å². The van der Waals surface area contributed by atoms with Gasteiger partial charge in [0.05, 0.1) is 6.54 Å². The van der Waals surface area contributed by atoms with Crippen molar-refractivity contribution in [3.63, 3.8) is 0 Å². The standard InChI is InChI=1S/C7H13NO2/c1-6-3-2-4-8(6)5-7(9)10/h6H,2-5H2,1H3,(H,9,10)/t6-/m1/s1. The SMILES string of the molecule is C[C@@H]1CCCN1CC(=O)O. The second-order valence-electron chi connectivity index (χ2n) is 2.86. The molecule has 0 bridgehead atoms. The van der Waals surface area contributed by atoms with Crippen LogP contribution in [0.15, 0.2) is 0 Å². The molecule has 1 heterocycles. The van der Waals surface area contributed by atoms with E-state index in [1.165, 1.54) is 0 Å². The van der Waals surface area contributed by atoms with Crippen LogP contribution in [0, 0.1) is 0 Å². The van der Waals surface area contributed by atoms with E-state index in [1.807, 2.05) is 4.90 Å². The maximum Gasteiger partial charge on any atom is 0.317 e. The second-order valence-corrected chi connectivity index (χ2v) is 2.86. The van der Waals surface area contributed by atoms with Crippen molar-refractivity contribution in [2.45, 2.75) is 25.8 Å². The first-order chi connectivity index (χ1) is 4.70. The van der Waals surface area contributed by atoms with E-state index in [1.54, 1.807) is 0 Å². The molecule has 1 N–H and O–H groups in total. The maximum atomic E-state index is 10.3. The Hall–Kier alpha value is -0.570. The number of nitrogens with zero attached hydrogens (tertiary/aromatic N) is 1. The zero-order valence-corrected chi connectivity index (χ0v) is 6.21. The molecule has 1 saturated heterocycles. The molecule has 1 aliphatic rings. The van der Waals surface area contributed by atoms with E-state index in [2.05, 4.69) is 6.92 Å². The van der Waals surface area contributed by atoms with Crippen molar-refractivity contribution >= 4 is 5.97 Å². The molecule has 10 heavy (non-hydrogen) atoms. The third-order valence-corrected chi connectivity index (χ3v) is 2.03. The molecule has 0 amide bonds. The molecule has 0 spiro atoms. The number of carbonyl (C=O) groups is 1. The Balaban J connectivity index is 2.33. The topological polar surface area (TPSA) is 40.5 Å². The number of carboxylic acids is 1. The molecule has 0 aliphatic carbocycles. The van der Waals surface area contributed by atoms with E-state index < -0.39 is 5.97 Å². The van der Waals surface area contributed by atoms with Crippen molar-refractivity contribution in [3.05, 3.63) is 0 Å². The van der Waals surface area contributed by atoms with Crippen LogP contribution in [0.2, 0.25) is 0 Å². The molecule has 1 fully saturated rings. The van der Waals surface area contributed by atoms with Crippen LogP contribution < -0.4 is 0 Å². The highest BCUT2D eigenvalue weighted by atomic mass is 16.4. The second kappa shape index (κ2) is 3.01. The van der Waals surface area contributed by atoms with Gasteiger partial charge in [-0.2, -0.15) is 0 Å². The molecule has 0 aromatic heterocycles. The molecule has 0 radical (unpaired) electrons. The van der Waals surface area contributed by atoms with E-state index in [0.717, 1.165) is 19.4 Å². The largest absolute Gasteiger partial charge is 0.480 e. The highest BCUT2D eigenvalue weighted by Gasteiger charge is 2.21.